The van der Waals surface area contributed by atoms with E-state index in [0.29, 0.717) is 30.0 Å². The van der Waals surface area contributed by atoms with E-state index in [1.54, 1.807) is 18.7 Å². The quantitative estimate of drug-likeness (QED) is 0.622. The van der Waals surface area contributed by atoms with Crippen LogP contribution in [-0.4, -0.2) is 46.3 Å². The number of likely N-dealkylation sites (N-methyl/N-ethyl adjacent to an activating group) is 1. The lowest BCUT2D eigenvalue weighted by atomic mass is 10.1. The first-order valence-electron chi connectivity index (χ1n) is 6.50. The Morgan fingerprint density at radius 3 is 2.68 bits per heavy atom. The number of nitrogens with zero attached hydrogens (tertiary/aromatic N) is 4. The Bertz CT molecular complexity index is 477. The fraction of sp³-hybridized carbons (Fsp3) is 0.750. The Morgan fingerprint density at radius 2 is 2.21 bits per heavy atom. The molecule has 1 unspecified atom stereocenters. The van der Waals surface area contributed by atoms with Crippen molar-refractivity contribution < 1.29 is 4.92 Å². The number of hydrogen-bond acceptors (Lipinski definition) is 5. The van der Waals surface area contributed by atoms with Gasteiger partial charge >= 0.3 is 5.69 Å². The Hall–Kier alpha value is -1.63. The SMILES string of the molecule is Cc1nn(C)c(NCC(C2CC2)N(C)C)c1[N+](=O)[O-]. The molecule has 0 bridgehead atoms. The van der Waals surface area contributed by atoms with Crippen LogP contribution in [0.1, 0.15) is 18.5 Å². The topological polar surface area (TPSA) is 76.2 Å². The van der Waals surface area contributed by atoms with Crippen LogP contribution in [0.3, 0.4) is 0 Å². The lowest BCUT2D eigenvalue weighted by Crippen LogP contribution is -2.36. The molecule has 7 nitrogen and oxygen atoms in total. The van der Waals surface area contributed by atoms with E-state index < -0.39 is 0 Å². The van der Waals surface area contributed by atoms with Gasteiger partial charge in [0, 0.05) is 19.6 Å². The molecule has 7 heteroatoms. The van der Waals surface area contributed by atoms with Crippen LogP contribution in [0.15, 0.2) is 0 Å². The van der Waals surface area contributed by atoms with E-state index in [1.165, 1.54) is 12.8 Å². The molecule has 1 N–H and O–H groups in total. The highest BCUT2D eigenvalue weighted by molar-refractivity contribution is 5.59. The lowest BCUT2D eigenvalue weighted by Gasteiger charge is -2.24. The Labute approximate surface area is 112 Å². The van der Waals surface area contributed by atoms with E-state index in [9.17, 15) is 10.1 Å². The van der Waals surface area contributed by atoms with Crippen molar-refractivity contribution in [2.45, 2.75) is 25.8 Å². The number of nitro groups is 1. The second kappa shape index (κ2) is 5.16. The zero-order valence-electron chi connectivity index (χ0n) is 11.9. The summed E-state index contributed by atoms with van der Waals surface area (Å²) in [6, 6.07) is 0.412. The van der Waals surface area contributed by atoms with Crippen molar-refractivity contribution in [1.82, 2.24) is 14.7 Å². The third-order valence-electron chi connectivity index (χ3n) is 3.68. The third kappa shape index (κ3) is 2.86. The van der Waals surface area contributed by atoms with E-state index in [1.807, 2.05) is 14.1 Å². The van der Waals surface area contributed by atoms with Crippen LogP contribution in [0.25, 0.3) is 0 Å². The molecule has 2 rings (SSSR count). The maximum atomic E-state index is 11.1. The minimum atomic E-state index is -0.369. The Morgan fingerprint density at radius 1 is 1.58 bits per heavy atom. The number of hydrogen-bond donors (Lipinski definition) is 1. The van der Waals surface area contributed by atoms with Gasteiger partial charge in [0.05, 0.1) is 4.92 Å². The zero-order valence-corrected chi connectivity index (χ0v) is 11.9. The average molecular weight is 267 g/mol. The molecule has 106 valence electrons. The summed E-state index contributed by atoms with van der Waals surface area (Å²) < 4.78 is 1.55. The van der Waals surface area contributed by atoms with E-state index in [2.05, 4.69) is 15.3 Å². The van der Waals surface area contributed by atoms with Crippen LogP contribution in [0.5, 0.6) is 0 Å². The van der Waals surface area contributed by atoms with Gasteiger partial charge in [-0.2, -0.15) is 5.10 Å². The smallest absolute Gasteiger partial charge is 0.333 e. The molecule has 0 aromatic carbocycles. The zero-order chi connectivity index (χ0) is 14.2. The summed E-state index contributed by atoms with van der Waals surface area (Å²) in [5.41, 5.74) is 0.527. The van der Waals surface area contributed by atoms with Crippen LogP contribution in [0.2, 0.25) is 0 Å². The highest BCUT2D eigenvalue weighted by atomic mass is 16.6. The van der Waals surface area contributed by atoms with Gasteiger partial charge < -0.3 is 10.2 Å². The van der Waals surface area contributed by atoms with Gasteiger partial charge in [0.25, 0.3) is 0 Å². The average Bonchev–Trinajstić information content (AvgIpc) is 3.06. The van der Waals surface area contributed by atoms with Crippen molar-refractivity contribution in [2.75, 3.05) is 26.0 Å². The van der Waals surface area contributed by atoms with E-state index in [4.69, 9.17) is 0 Å². The van der Waals surface area contributed by atoms with Crippen molar-refractivity contribution in [3.8, 4) is 0 Å². The van der Waals surface area contributed by atoms with E-state index in [-0.39, 0.29) is 10.6 Å². The Balaban J connectivity index is 2.12. The molecule has 1 aromatic heterocycles. The molecule has 0 radical (unpaired) electrons. The molecule has 1 heterocycles. The molecule has 1 aliphatic carbocycles. The molecule has 1 saturated carbocycles. The van der Waals surface area contributed by atoms with Gasteiger partial charge in [-0.25, -0.2) is 4.68 Å². The van der Waals surface area contributed by atoms with Crippen LogP contribution in [0.4, 0.5) is 11.5 Å². The fourth-order valence-electron chi connectivity index (χ4n) is 2.52. The first-order chi connectivity index (χ1) is 8.91. The molecule has 19 heavy (non-hydrogen) atoms. The van der Waals surface area contributed by atoms with Crippen LogP contribution in [0, 0.1) is 23.0 Å². The molecule has 1 atom stereocenters. The normalized spacial score (nSPS) is 16.7. The van der Waals surface area contributed by atoms with Gasteiger partial charge in [-0.15, -0.1) is 0 Å². The third-order valence-corrected chi connectivity index (χ3v) is 3.68. The maximum Gasteiger partial charge on any atom is 0.333 e. The van der Waals surface area contributed by atoms with Crippen LogP contribution < -0.4 is 5.32 Å². The number of aromatic nitrogens is 2. The highest BCUT2D eigenvalue weighted by Gasteiger charge is 2.33. The molecule has 1 fully saturated rings. The van der Waals surface area contributed by atoms with Crippen LogP contribution in [-0.2, 0) is 7.05 Å². The molecule has 1 aromatic rings. The largest absolute Gasteiger partial charge is 0.363 e. The predicted octanol–water partition coefficient (Wildman–Crippen LogP) is 1.39. The molecule has 0 saturated heterocycles. The molecular weight excluding hydrogens is 246 g/mol. The van der Waals surface area contributed by atoms with E-state index >= 15 is 0 Å². The van der Waals surface area contributed by atoms with Gasteiger partial charge in [-0.3, -0.25) is 10.1 Å². The minimum absolute atomic E-state index is 0.0794. The van der Waals surface area contributed by atoms with Crippen molar-refractivity contribution in [1.29, 1.82) is 0 Å². The summed E-state index contributed by atoms with van der Waals surface area (Å²) in [5, 5.41) is 18.4. The first kappa shape index (κ1) is 13.8. The van der Waals surface area contributed by atoms with Crippen molar-refractivity contribution >= 4 is 11.5 Å². The van der Waals surface area contributed by atoms with Gasteiger partial charge in [0.1, 0.15) is 5.69 Å². The van der Waals surface area contributed by atoms with Crippen molar-refractivity contribution in [3.63, 3.8) is 0 Å². The Kier molecular flexibility index (Phi) is 3.75. The monoisotopic (exact) mass is 267 g/mol. The molecule has 0 aliphatic heterocycles. The summed E-state index contributed by atoms with van der Waals surface area (Å²) in [5.74, 6) is 1.20. The predicted molar refractivity (Wildman–Crippen MR) is 73.3 cm³/mol. The first-order valence-corrected chi connectivity index (χ1v) is 6.50. The van der Waals surface area contributed by atoms with Gasteiger partial charge in [-0.05, 0) is 39.8 Å². The summed E-state index contributed by atoms with van der Waals surface area (Å²) in [6.07, 6.45) is 2.49. The van der Waals surface area contributed by atoms with Gasteiger partial charge in [0.15, 0.2) is 0 Å². The summed E-state index contributed by atoms with van der Waals surface area (Å²) >= 11 is 0. The number of aryl methyl sites for hydroxylation is 2. The summed E-state index contributed by atoms with van der Waals surface area (Å²) in [4.78, 5) is 12.9. The van der Waals surface area contributed by atoms with Crippen molar-refractivity contribution in [2.24, 2.45) is 13.0 Å². The maximum absolute atomic E-state index is 11.1. The van der Waals surface area contributed by atoms with Gasteiger partial charge in [-0.1, -0.05) is 0 Å². The highest BCUT2D eigenvalue weighted by Crippen LogP contribution is 2.35. The summed E-state index contributed by atoms with van der Waals surface area (Å²) in [7, 11) is 5.82. The standard InChI is InChI=1S/C12H21N5O2/c1-8-11(17(18)19)12(16(4)14-8)13-7-10(15(2)3)9-5-6-9/h9-10,13H,5-7H2,1-4H3. The van der Waals surface area contributed by atoms with E-state index in [0.717, 1.165) is 0 Å². The number of rotatable bonds is 6. The lowest BCUT2D eigenvalue weighted by molar-refractivity contribution is -0.384. The second-order valence-corrected chi connectivity index (χ2v) is 5.41. The number of anilines is 1. The molecule has 0 amide bonds. The molecular formula is C12H21N5O2. The van der Waals surface area contributed by atoms with Gasteiger partial charge in [0.2, 0.25) is 5.82 Å². The molecule has 1 aliphatic rings. The minimum Gasteiger partial charge on any atom is -0.363 e. The summed E-state index contributed by atoms with van der Waals surface area (Å²) in [6.45, 7) is 2.37. The molecule has 0 spiro atoms. The van der Waals surface area contributed by atoms with Crippen LogP contribution >= 0.6 is 0 Å². The van der Waals surface area contributed by atoms with Crippen molar-refractivity contribution in [3.05, 3.63) is 15.8 Å². The second-order valence-electron chi connectivity index (χ2n) is 5.41. The number of nitrogens with one attached hydrogen (secondary N) is 1. The fourth-order valence-corrected chi connectivity index (χ4v) is 2.52.